The Morgan fingerprint density at radius 1 is 1.41 bits per heavy atom. The van der Waals surface area contributed by atoms with Crippen molar-refractivity contribution in [1.82, 2.24) is 19.4 Å². The number of hydrogen-bond donors (Lipinski definition) is 0. The maximum Gasteiger partial charge on any atom is 0.227 e. The summed E-state index contributed by atoms with van der Waals surface area (Å²) in [6.45, 7) is 4.73. The minimum absolute atomic E-state index is 0.726. The van der Waals surface area contributed by atoms with Gasteiger partial charge in [0.25, 0.3) is 0 Å². The second-order valence-corrected chi connectivity index (χ2v) is 6.52. The van der Waals surface area contributed by atoms with Crippen LogP contribution in [0.2, 0.25) is 0 Å². The van der Waals surface area contributed by atoms with Crippen LogP contribution in [0.15, 0.2) is 27.6 Å². The normalized spacial score (nSPS) is 15.2. The van der Waals surface area contributed by atoms with Gasteiger partial charge in [0, 0.05) is 49.7 Å². The topological polar surface area (TPSA) is 47.1 Å². The van der Waals surface area contributed by atoms with Crippen LogP contribution in [0.4, 0.5) is 0 Å². The predicted molar refractivity (Wildman–Crippen MR) is 85.6 cm³/mol. The maximum absolute atomic E-state index is 5.82. The van der Waals surface area contributed by atoms with Crippen molar-refractivity contribution >= 4 is 11.3 Å². The van der Waals surface area contributed by atoms with Crippen molar-refractivity contribution in [3.63, 3.8) is 0 Å². The molecule has 0 aromatic carbocycles. The molecule has 0 saturated heterocycles. The molecule has 3 aromatic rings. The van der Waals surface area contributed by atoms with Crippen molar-refractivity contribution in [2.75, 3.05) is 6.54 Å². The van der Waals surface area contributed by atoms with Gasteiger partial charge in [-0.2, -0.15) is 11.3 Å². The van der Waals surface area contributed by atoms with Gasteiger partial charge in [0.2, 0.25) is 5.89 Å². The Hall–Kier alpha value is -1.92. The molecule has 0 unspecified atom stereocenters. The molecule has 22 heavy (non-hydrogen) atoms. The molecule has 0 atom stereocenters. The zero-order chi connectivity index (χ0) is 15.1. The summed E-state index contributed by atoms with van der Waals surface area (Å²) in [7, 11) is 2.07. The maximum atomic E-state index is 5.82. The number of fused-ring (bicyclic) bond motifs is 1. The van der Waals surface area contributed by atoms with Gasteiger partial charge >= 0.3 is 0 Å². The summed E-state index contributed by atoms with van der Waals surface area (Å²) in [5, 5.41) is 4.11. The Kier molecular flexibility index (Phi) is 3.35. The highest BCUT2D eigenvalue weighted by molar-refractivity contribution is 7.08. The second-order valence-electron chi connectivity index (χ2n) is 5.74. The monoisotopic (exact) mass is 314 g/mol. The van der Waals surface area contributed by atoms with Gasteiger partial charge in [-0.05, 0) is 18.4 Å². The number of rotatable bonds is 3. The molecule has 1 aliphatic rings. The lowest BCUT2D eigenvalue weighted by molar-refractivity contribution is 0.236. The quantitative estimate of drug-likeness (QED) is 0.745. The molecule has 114 valence electrons. The number of nitrogens with zero attached hydrogens (tertiary/aromatic N) is 4. The highest BCUT2D eigenvalue weighted by atomic mass is 32.1. The molecular weight excluding hydrogens is 296 g/mol. The van der Waals surface area contributed by atoms with Crippen LogP contribution in [0.25, 0.3) is 11.5 Å². The Morgan fingerprint density at radius 3 is 3.14 bits per heavy atom. The molecule has 4 rings (SSSR count). The second kappa shape index (κ2) is 5.37. The van der Waals surface area contributed by atoms with E-state index in [0.29, 0.717) is 0 Å². The molecule has 0 aliphatic carbocycles. The molecule has 1 aliphatic heterocycles. The van der Waals surface area contributed by atoms with Crippen LogP contribution in [-0.4, -0.2) is 26.0 Å². The Bertz CT molecular complexity index is 787. The molecule has 0 bridgehead atoms. The molecular formula is C16H18N4OS. The van der Waals surface area contributed by atoms with E-state index >= 15 is 0 Å². The van der Waals surface area contributed by atoms with Gasteiger partial charge in [-0.3, -0.25) is 4.90 Å². The first-order valence-corrected chi connectivity index (χ1v) is 8.35. The summed E-state index contributed by atoms with van der Waals surface area (Å²) >= 11 is 1.66. The first-order chi connectivity index (χ1) is 10.7. The number of aryl methyl sites for hydroxylation is 2. The highest BCUT2D eigenvalue weighted by Crippen LogP contribution is 2.25. The van der Waals surface area contributed by atoms with Crippen molar-refractivity contribution in [2.45, 2.75) is 26.4 Å². The molecule has 0 amide bonds. The lowest BCUT2D eigenvalue weighted by Gasteiger charge is -2.25. The smallest absolute Gasteiger partial charge is 0.227 e. The Labute approximate surface area is 133 Å². The van der Waals surface area contributed by atoms with Gasteiger partial charge in [0.05, 0.1) is 17.7 Å². The molecule has 0 saturated carbocycles. The number of oxazole rings is 1. The van der Waals surface area contributed by atoms with Crippen LogP contribution in [0, 0.1) is 6.92 Å². The van der Waals surface area contributed by atoms with Gasteiger partial charge in [-0.1, -0.05) is 0 Å². The van der Waals surface area contributed by atoms with Crippen molar-refractivity contribution < 1.29 is 4.42 Å². The fourth-order valence-electron chi connectivity index (χ4n) is 2.94. The van der Waals surface area contributed by atoms with Crippen LogP contribution < -0.4 is 0 Å². The van der Waals surface area contributed by atoms with Crippen LogP contribution in [-0.2, 0) is 26.6 Å². The van der Waals surface area contributed by atoms with Crippen LogP contribution in [0.5, 0.6) is 0 Å². The third-order valence-electron chi connectivity index (χ3n) is 4.22. The number of hydrogen-bond acceptors (Lipinski definition) is 5. The van der Waals surface area contributed by atoms with Gasteiger partial charge in [0.1, 0.15) is 5.76 Å². The zero-order valence-electron chi connectivity index (χ0n) is 12.7. The molecule has 0 spiro atoms. The van der Waals surface area contributed by atoms with Gasteiger partial charge < -0.3 is 8.98 Å². The van der Waals surface area contributed by atoms with Gasteiger partial charge in [-0.15, -0.1) is 0 Å². The summed E-state index contributed by atoms with van der Waals surface area (Å²) in [5.74, 6) is 1.64. The lowest BCUT2D eigenvalue weighted by Crippen LogP contribution is -2.31. The summed E-state index contributed by atoms with van der Waals surface area (Å²) in [5.41, 5.74) is 4.63. The van der Waals surface area contributed by atoms with Gasteiger partial charge in [0.15, 0.2) is 0 Å². The number of aromatic nitrogens is 3. The van der Waals surface area contributed by atoms with E-state index in [4.69, 9.17) is 4.42 Å². The fraction of sp³-hybridized carbons (Fsp3) is 0.375. The van der Waals surface area contributed by atoms with E-state index in [2.05, 4.69) is 31.9 Å². The highest BCUT2D eigenvalue weighted by Gasteiger charge is 2.22. The average molecular weight is 314 g/mol. The molecule has 0 radical (unpaired) electrons. The lowest BCUT2D eigenvalue weighted by atomic mass is 10.1. The number of thiophene rings is 1. The summed E-state index contributed by atoms with van der Waals surface area (Å²) in [6.07, 6.45) is 2.95. The molecule has 6 heteroatoms. The minimum atomic E-state index is 0.726. The first-order valence-electron chi connectivity index (χ1n) is 7.41. The van der Waals surface area contributed by atoms with Gasteiger partial charge in [-0.25, -0.2) is 9.97 Å². The standard InChI is InChI=1S/C16H18N4OS/c1-11-13(18-16(21-11)12-4-6-22-9-12)7-20-5-3-15-14(8-20)17-10-19(15)2/h4,6,9-10H,3,5,7-8H2,1-2H3. The van der Waals surface area contributed by atoms with Crippen molar-refractivity contribution in [3.05, 3.63) is 46.0 Å². The predicted octanol–water partition coefficient (Wildman–Crippen LogP) is 3.00. The average Bonchev–Trinajstić information content (AvgIpc) is 3.22. The first kappa shape index (κ1) is 13.7. The van der Waals surface area contributed by atoms with E-state index in [1.807, 2.05) is 24.7 Å². The zero-order valence-corrected chi connectivity index (χ0v) is 13.6. The van der Waals surface area contributed by atoms with Crippen LogP contribution in [0.3, 0.4) is 0 Å². The number of imidazole rings is 1. The molecule has 0 fully saturated rings. The SMILES string of the molecule is Cc1oc(-c2ccsc2)nc1CN1CCc2c(ncn2C)C1. The van der Waals surface area contributed by atoms with E-state index in [9.17, 15) is 0 Å². The molecule has 4 heterocycles. The van der Waals surface area contributed by atoms with Crippen LogP contribution >= 0.6 is 11.3 Å². The Balaban J connectivity index is 1.53. The van der Waals surface area contributed by atoms with E-state index in [1.165, 1.54) is 11.4 Å². The van der Waals surface area contributed by atoms with Crippen LogP contribution in [0.1, 0.15) is 22.8 Å². The fourth-order valence-corrected chi connectivity index (χ4v) is 3.57. The van der Waals surface area contributed by atoms with Crippen molar-refractivity contribution in [2.24, 2.45) is 7.05 Å². The van der Waals surface area contributed by atoms with Crippen molar-refractivity contribution in [1.29, 1.82) is 0 Å². The third kappa shape index (κ3) is 2.38. The largest absolute Gasteiger partial charge is 0.441 e. The van der Waals surface area contributed by atoms with E-state index in [1.54, 1.807) is 11.3 Å². The molecule has 0 N–H and O–H groups in total. The van der Waals surface area contributed by atoms with E-state index in [-0.39, 0.29) is 0 Å². The summed E-state index contributed by atoms with van der Waals surface area (Å²) in [6, 6.07) is 2.04. The Morgan fingerprint density at radius 2 is 2.32 bits per heavy atom. The van der Waals surface area contributed by atoms with E-state index < -0.39 is 0 Å². The summed E-state index contributed by atoms with van der Waals surface area (Å²) < 4.78 is 7.95. The van der Waals surface area contributed by atoms with Crippen molar-refractivity contribution in [3.8, 4) is 11.5 Å². The molecule has 5 nitrogen and oxygen atoms in total. The molecule has 3 aromatic heterocycles. The van der Waals surface area contributed by atoms with E-state index in [0.717, 1.165) is 49.0 Å². The minimum Gasteiger partial charge on any atom is -0.441 e. The summed E-state index contributed by atoms with van der Waals surface area (Å²) in [4.78, 5) is 11.6. The third-order valence-corrected chi connectivity index (χ3v) is 4.90.